The maximum Gasteiger partial charge on any atom is 0.274 e. The van der Waals surface area contributed by atoms with E-state index in [0.29, 0.717) is 12.3 Å². The number of anilines is 3. The van der Waals surface area contributed by atoms with E-state index in [4.69, 9.17) is 4.74 Å². The van der Waals surface area contributed by atoms with Gasteiger partial charge in [-0.3, -0.25) is 4.79 Å². The van der Waals surface area contributed by atoms with Crippen molar-refractivity contribution in [3.63, 3.8) is 0 Å². The van der Waals surface area contributed by atoms with Crippen LogP contribution in [0.25, 0.3) is 0 Å². The molecule has 0 saturated carbocycles. The van der Waals surface area contributed by atoms with Gasteiger partial charge in [-0.1, -0.05) is 30.3 Å². The van der Waals surface area contributed by atoms with E-state index in [-0.39, 0.29) is 5.91 Å². The molecule has 0 aliphatic heterocycles. The highest BCUT2D eigenvalue weighted by Gasteiger charge is 2.11. The number of carbonyl (C=O) groups excluding carboxylic acids is 1. The predicted molar refractivity (Wildman–Crippen MR) is 109 cm³/mol. The Labute approximate surface area is 159 Å². The molecule has 0 spiro atoms. The lowest BCUT2D eigenvalue weighted by Crippen LogP contribution is -2.15. The smallest absolute Gasteiger partial charge is 0.274 e. The van der Waals surface area contributed by atoms with E-state index < -0.39 is 0 Å². The largest absolute Gasteiger partial charge is 0.492 e. The first-order valence-corrected chi connectivity index (χ1v) is 8.91. The van der Waals surface area contributed by atoms with Gasteiger partial charge in [-0.25, -0.2) is 4.98 Å². The summed E-state index contributed by atoms with van der Waals surface area (Å²) in [5.41, 5.74) is 4.88. The van der Waals surface area contributed by atoms with E-state index in [1.165, 1.54) is 0 Å². The molecule has 1 aromatic heterocycles. The van der Waals surface area contributed by atoms with E-state index in [1.807, 2.05) is 69.3 Å². The zero-order valence-corrected chi connectivity index (χ0v) is 15.7. The Balaban J connectivity index is 1.73. The number of nitrogens with zero attached hydrogens (tertiary/aromatic N) is 1. The molecule has 5 nitrogen and oxygen atoms in total. The van der Waals surface area contributed by atoms with Gasteiger partial charge >= 0.3 is 0 Å². The minimum absolute atomic E-state index is 0.228. The molecule has 0 aliphatic carbocycles. The number of benzene rings is 2. The zero-order valence-electron chi connectivity index (χ0n) is 15.7. The average Bonchev–Trinajstić information content (AvgIpc) is 2.67. The van der Waals surface area contributed by atoms with Crippen molar-refractivity contribution in [2.75, 3.05) is 17.2 Å². The second-order valence-electron chi connectivity index (χ2n) is 6.21. The first kappa shape index (κ1) is 18.5. The number of aryl methyl sites for hydroxylation is 2. The lowest BCUT2D eigenvalue weighted by Gasteiger charge is -2.13. The summed E-state index contributed by atoms with van der Waals surface area (Å²) in [6, 6.07) is 17.2. The number of rotatable bonds is 6. The molecule has 0 bridgehead atoms. The van der Waals surface area contributed by atoms with E-state index in [9.17, 15) is 4.79 Å². The van der Waals surface area contributed by atoms with E-state index >= 15 is 0 Å². The first-order chi connectivity index (χ1) is 13.1. The van der Waals surface area contributed by atoms with Gasteiger partial charge in [-0.15, -0.1) is 0 Å². The Morgan fingerprint density at radius 1 is 1.00 bits per heavy atom. The van der Waals surface area contributed by atoms with Crippen molar-refractivity contribution in [3.8, 4) is 5.75 Å². The van der Waals surface area contributed by atoms with Crippen LogP contribution in [0.4, 0.5) is 17.1 Å². The highest BCUT2D eigenvalue weighted by molar-refractivity contribution is 6.03. The van der Waals surface area contributed by atoms with Gasteiger partial charge in [-0.2, -0.15) is 0 Å². The van der Waals surface area contributed by atoms with Crippen LogP contribution in [0.1, 0.15) is 28.5 Å². The SMILES string of the molecule is CCOc1ccccc1Nc1ccc(C(=O)Nc2c(C)cccc2C)nc1. The van der Waals surface area contributed by atoms with Crippen LogP contribution in [0.15, 0.2) is 60.8 Å². The number of hydrogen-bond donors (Lipinski definition) is 2. The van der Waals surface area contributed by atoms with Crippen molar-refractivity contribution in [1.82, 2.24) is 4.98 Å². The van der Waals surface area contributed by atoms with Gasteiger partial charge < -0.3 is 15.4 Å². The van der Waals surface area contributed by atoms with Crippen LogP contribution in [0.5, 0.6) is 5.75 Å². The Bertz CT molecular complexity index is 916. The second-order valence-corrected chi connectivity index (χ2v) is 6.21. The molecule has 0 radical (unpaired) electrons. The molecule has 0 unspecified atom stereocenters. The van der Waals surface area contributed by atoms with Gasteiger partial charge in [0.15, 0.2) is 0 Å². The number of nitrogens with one attached hydrogen (secondary N) is 2. The van der Waals surface area contributed by atoms with E-state index in [0.717, 1.165) is 33.9 Å². The third-order valence-electron chi connectivity index (χ3n) is 4.18. The lowest BCUT2D eigenvalue weighted by atomic mass is 10.1. The van der Waals surface area contributed by atoms with Gasteiger partial charge in [0, 0.05) is 5.69 Å². The third kappa shape index (κ3) is 4.44. The summed E-state index contributed by atoms with van der Waals surface area (Å²) in [5.74, 6) is 0.547. The van der Waals surface area contributed by atoms with E-state index in [2.05, 4.69) is 15.6 Å². The number of pyridine rings is 1. The molecule has 2 N–H and O–H groups in total. The molecular weight excluding hydrogens is 338 g/mol. The van der Waals surface area contributed by atoms with Crippen LogP contribution in [0, 0.1) is 13.8 Å². The van der Waals surface area contributed by atoms with Crippen molar-refractivity contribution < 1.29 is 9.53 Å². The van der Waals surface area contributed by atoms with Crippen molar-refractivity contribution in [3.05, 3.63) is 77.6 Å². The maximum atomic E-state index is 12.5. The minimum atomic E-state index is -0.228. The molecule has 2 aromatic carbocycles. The van der Waals surface area contributed by atoms with Gasteiger partial charge in [0.25, 0.3) is 5.91 Å². The molecule has 1 amide bonds. The molecule has 3 aromatic rings. The van der Waals surface area contributed by atoms with Crippen LogP contribution in [0.2, 0.25) is 0 Å². The van der Waals surface area contributed by atoms with Crippen molar-refractivity contribution >= 4 is 23.0 Å². The van der Waals surface area contributed by atoms with Crippen molar-refractivity contribution in [2.24, 2.45) is 0 Å². The standard InChI is InChI=1S/C22H23N3O2/c1-4-27-20-11-6-5-10-18(20)24-17-12-13-19(23-14-17)22(26)25-21-15(2)8-7-9-16(21)3/h5-14,24H,4H2,1-3H3,(H,25,26). The number of amides is 1. The summed E-state index contributed by atoms with van der Waals surface area (Å²) in [4.78, 5) is 16.8. The fourth-order valence-corrected chi connectivity index (χ4v) is 2.80. The Kier molecular flexibility index (Phi) is 5.71. The maximum absolute atomic E-state index is 12.5. The van der Waals surface area contributed by atoms with Crippen LogP contribution >= 0.6 is 0 Å². The fraction of sp³-hybridized carbons (Fsp3) is 0.182. The second kappa shape index (κ2) is 8.36. The molecule has 0 atom stereocenters. The minimum Gasteiger partial charge on any atom is -0.492 e. The number of carbonyl (C=O) groups is 1. The predicted octanol–water partition coefficient (Wildman–Crippen LogP) is 5.09. The number of ether oxygens (including phenoxy) is 1. The lowest BCUT2D eigenvalue weighted by molar-refractivity contribution is 0.102. The number of para-hydroxylation sites is 3. The Hall–Kier alpha value is -3.34. The summed E-state index contributed by atoms with van der Waals surface area (Å²) < 4.78 is 5.61. The normalized spacial score (nSPS) is 10.3. The van der Waals surface area contributed by atoms with Crippen LogP contribution in [0.3, 0.4) is 0 Å². The molecular formula is C22H23N3O2. The molecule has 138 valence electrons. The van der Waals surface area contributed by atoms with Crippen LogP contribution in [-0.2, 0) is 0 Å². The number of aromatic nitrogens is 1. The summed E-state index contributed by atoms with van der Waals surface area (Å²) in [6.07, 6.45) is 1.64. The molecule has 5 heteroatoms. The molecule has 27 heavy (non-hydrogen) atoms. The highest BCUT2D eigenvalue weighted by atomic mass is 16.5. The summed E-state index contributed by atoms with van der Waals surface area (Å²) in [7, 11) is 0. The van der Waals surface area contributed by atoms with Crippen LogP contribution in [-0.4, -0.2) is 17.5 Å². The number of hydrogen-bond acceptors (Lipinski definition) is 4. The average molecular weight is 361 g/mol. The fourth-order valence-electron chi connectivity index (χ4n) is 2.80. The van der Waals surface area contributed by atoms with Crippen LogP contribution < -0.4 is 15.4 Å². The Morgan fingerprint density at radius 3 is 2.41 bits per heavy atom. The zero-order chi connectivity index (χ0) is 19.2. The summed E-state index contributed by atoms with van der Waals surface area (Å²) >= 11 is 0. The molecule has 0 fully saturated rings. The Morgan fingerprint density at radius 2 is 1.74 bits per heavy atom. The summed E-state index contributed by atoms with van der Waals surface area (Å²) in [6.45, 7) is 6.48. The van der Waals surface area contributed by atoms with Gasteiger partial charge in [-0.05, 0) is 56.2 Å². The molecule has 1 heterocycles. The molecule has 0 aliphatic rings. The first-order valence-electron chi connectivity index (χ1n) is 8.91. The van der Waals surface area contributed by atoms with Crippen molar-refractivity contribution in [1.29, 1.82) is 0 Å². The highest BCUT2D eigenvalue weighted by Crippen LogP contribution is 2.27. The van der Waals surface area contributed by atoms with E-state index in [1.54, 1.807) is 12.3 Å². The van der Waals surface area contributed by atoms with Crippen molar-refractivity contribution in [2.45, 2.75) is 20.8 Å². The van der Waals surface area contributed by atoms with Gasteiger partial charge in [0.2, 0.25) is 0 Å². The van der Waals surface area contributed by atoms with Gasteiger partial charge in [0.1, 0.15) is 11.4 Å². The van der Waals surface area contributed by atoms with Gasteiger partial charge in [0.05, 0.1) is 24.2 Å². The summed E-state index contributed by atoms with van der Waals surface area (Å²) in [5, 5.41) is 6.22. The quantitative estimate of drug-likeness (QED) is 0.642. The topological polar surface area (TPSA) is 63.2 Å². The molecule has 3 rings (SSSR count). The monoisotopic (exact) mass is 361 g/mol. The third-order valence-corrected chi connectivity index (χ3v) is 4.18. The molecule has 0 saturated heterocycles.